The Morgan fingerprint density at radius 1 is 1.45 bits per heavy atom. The molecule has 0 aromatic carbocycles. The van der Waals surface area contributed by atoms with Gasteiger partial charge in [0.05, 0.1) is 0 Å². The third-order valence-electron chi connectivity index (χ3n) is 3.70. The van der Waals surface area contributed by atoms with Crippen molar-refractivity contribution in [3.63, 3.8) is 0 Å². The third-order valence-corrected chi connectivity index (χ3v) is 3.70. The van der Waals surface area contributed by atoms with Crippen LogP contribution in [0.15, 0.2) is 18.2 Å². The number of pyridine rings is 1. The summed E-state index contributed by atoms with van der Waals surface area (Å²) >= 11 is 0. The second-order valence-electron chi connectivity index (χ2n) is 5.29. The molecule has 1 aromatic heterocycles. The van der Waals surface area contributed by atoms with Crippen LogP contribution < -0.4 is 5.32 Å². The first-order valence-corrected chi connectivity index (χ1v) is 7.35. The molecule has 0 spiro atoms. The van der Waals surface area contributed by atoms with Crippen LogP contribution in [-0.2, 0) is 0 Å². The Labute approximate surface area is 119 Å². The zero-order valence-corrected chi connectivity index (χ0v) is 11.9. The van der Waals surface area contributed by atoms with Gasteiger partial charge in [0, 0.05) is 19.1 Å². The van der Waals surface area contributed by atoms with E-state index in [0.717, 1.165) is 32.5 Å². The van der Waals surface area contributed by atoms with E-state index >= 15 is 0 Å². The molecule has 0 aliphatic carbocycles. The van der Waals surface area contributed by atoms with Crippen molar-refractivity contribution in [3.05, 3.63) is 29.8 Å². The second-order valence-corrected chi connectivity index (χ2v) is 5.29. The van der Waals surface area contributed by atoms with Crippen LogP contribution >= 0.6 is 0 Å². The lowest BCUT2D eigenvalue weighted by Crippen LogP contribution is -2.45. The summed E-state index contributed by atoms with van der Waals surface area (Å²) in [5.41, 5.74) is 0.151. The lowest BCUT2D eigenvalue weighted by Gasteiger charge is -2.32. The van der Waals surface area contributed by atoms with Crippen molar-refractivity contribution in [2.45, 2.75) is 38.6 Å². The number of piperidine rings is 1. The summed E-state index contributed by atoms with van der Waals surface area (Å²) in [4.78, 5) is 18.0. The van der Waals surface area contributed by atoms with Gasteiger partial charge in [0.2, 0.25) is 5.95 Å². The molecule has 1 N–H and O–H groups in total. The Kier molecular flexibility index (Phi) is 5.47. The van der Waals surface area contributed by atoms with E-state index in [9.17, 15) is 9.18 Å². The van der Waals surface area contributed by atoms with Crippen LogP contribution in [0.3, 0.4) is 0 Å². The van der Waals surface area contributed by atoms with Crippen LogP contribution in [0.5, 0.6) is 0 Å². The number of hydrogen-bond donors (Lipinski definition) is 1. The van der Waals surface area contributed by atoms with Crippen molar-refractivity contribution in [2.75, 3.05) is 19.6 Å². The van der Waals surface area contributed by atoms with Crippen LogP contribution in [0, 0.1) is 5.95 Å². The van der Waals surface area contributed by atoms with Gasteiger partial charge in [-0.1, -0.05) is 19.4 Å². The smallest absolute Gasteiger partial charge is 0.270 e. The Morgan fingerprint density at radius 3 is 2.85 bits per heavy atom. The first kappa shape index (κ1) is 14.9. The number of unbranched alkanes of at least 4 members (excludes halogenated alkanes) is 1. The zero-order valence-electron chi connectivity index (χ0n) is 11.9. The van der Waals surface area contributed by atoms with Crippen molar-refractivity contribution in [1.82, 2.24) is 15.2 Å². The van der Waals surface area contributed by atoms with Gasteiger partial charge in [0.15, 0.2) is 0 Å². The first-order valence-electron chi connectivity index (χ1n) is 7.35. The lowest BCUT2D eigenvalue weighted by atomic mass is 10.0. The van der Waals surface area contributed by atoms with E-state index in [1.165, 1.54) is 31.0 Å². The van der Waals surface area contributed by atoms with E-state index in [1.807, 2.05) is 0 Å². The maximum Gasteiger partial charge on any atom is 0.270 e. The number of halogens is 1. The number of nitrogens with zero attached hydrogens (tertiary/aromatic N) is 2. The summed E-state index contributed by atoms with van der Waals surface area (Å²) in [5.74, 6) is -0.899. The number of rotatable bonds is 5. The molecule has 2 heterocycles. The molecule has 0 radical (unpaired) electrons. The molecular formula is C15H22FN3O. The van der Waals surface area contributed by atoms with Gasteiger partial charge in [-0.3, -0.25) is 4.79 Å². The van der Waals surface area contributed by atoms with Crippen LogP contribution in [0.4, 0.5) is 4.39 Å². The van der Waals surface area contributed by atoms with E-state index in [1.54, 1.807) is 0 Å². The molecule has 110 valence electrons. The molecule has 0 bridgehead atoms. The predicted octanol–water partition coefficient (Wildman–Crippen LogP) is 2.21. The van der Waals surface area contributed by atoms with Gasteiger partial charge >= 0.3 is 0 Å². The highest BCUT2D eigenvalue weighted by molar-refractivity contribution is 5.92. The Balaban J connectivity index is 1.79. The predicted molar refractivity (Wildman–Crippen MR) is 76.0 cm³/mol. The van der Waals surface area contributed by atoms with Gasteiger partial charge in [-0.05, 0) is 37.9 Å². The maximum atomic E-state index is 13.0. The third kappa shape index (κ3) is 4.27. The van der Waals surface area contributed by atoms with Crippen LogP contribution in [0.1, 0.15) is 43.1 Å². The minimum atomic E-state index is -0.618. The molecule has 1 saturated heterocycles. The number of hydrogen-bond acceptors (Lipinski definition) is 3. The molecule has 1 fully saturated rings. The Morgan fingerprint density at radius 2 is 2.20 bits per heavy atom. The number of carbonyl (C=O) groups excluding carboxylic acids is 1. The van der Waals surface area contributed by atoms with Crippen molar-refractivity contribution in [3.8, 4) is 0 Å². The number of carbonyl (C=O) groups is 1. The van der Waals surface area contributed by atoms with E-state index < -0.39 is 5.95 Å². The maximum absolute atomic E-state index is 13.0. The molecule has 0 saturated carbocycles. The lowest BCUT2D eigenvalue weighted by molar-refractivity contribution is 0.0904. The molecule has 5 heteroatoms. The molecule has 4 nitrogen and oxygen atoms in total. The van der Waals surface area contributed by atoms with Crippen molar-refractivity contribution < 1.29 is 9.18 Å². The summed E-state index contributed by atoms with van der Waals surface area (Å²) < 4.78 is 13.0. The summed E-state index contributed by atoms with van der Waals surface area (Å²) in [6, 6.07) is 4.45. The molecule has 1 aromatic rings. The van der Waals surface area contributed by atoms with Gasteiger partial charge < -0.3 is 10.2 Å². The average Bonchev–Trinajstić information content (AvgIpc) is 2.46. The highest BCUT2D eigenvalue weighted by Gasteiger charge is 2.21. The molecule has 0 unspecified atom stereocenters. The number of aromatic nitrogens is 1. The Hall–Kier alpha value is -1.49. The molecule has 0 atom stereocenters. The van der Waals surface area contributed by atoms with Crippen LogP contribution in [0.2, 0.25) is 0 Å². The SMILES string of the molecule is CCCCN1CCC(NC(=O)c2cccc(F)n2)CC1. The number of likely N-dealkylation sites (tertiary alicyclic amines) is 1. The van der Waals surface area contributed by atoms with Gasteiger partial charge in [-0.15, -0.1) is 0 Å². The van der Waals surface area contributed by atoms with E-state index in [-0.39, 0.29) is 17.6 Å². The summed E-state index contributed by atoms with van der Waals surface area (Å²) in [6.07, 6.45) is 4.34. The van der Waals surface area contributed by atoms with Crippen molar-refractivity contribution in [2.24, 2.45) is 0 Å². The van der Waals surface area contributed by atoms with E-state index in [2.05, 4.69) is 22.1 Å². The standard InChI is InChI=1S/C15H22FN3O/c1-2-3-9-19-10-7-12(8-11-19)17-15(20)13-5-4-6-14(16)18-13/h4-6,12H,2-3,7-11H2,1H3,(H,17,20). The second kappa shape index (κ2) is 7.33. The quantitative estimate of drug-likeness (QED) is 0.841. The average molecular weight is 279 g/mol. The fourth-order valence-corrected chi connectivity index (χ4v) is 2.48. The molecule has 1 aliphatic heterocycles. The molecule has 1 aliphatic rings. The summed E-state index contributed by atoms with van der Waals surface area (Å²) in [7, 11) is 0. The number of amides is 1. The molecule has 20 heavy (non-hydrogen) atoms. The molecular weight excluding hydrogens is 257 g/mol. The van der Waals surface area contributed by atoms with Crippen LogP contribution in [-0.4, -0.2) is 41.5 Å². The Bertz CT molecular complexity index is 444. The summed E-state index contributed by atoms with van der Waals surface area (Å²) in [5, 5.41) is 2.94. The number of nitrogens with one attached hydrogen (secondary N) is 1. The van der Waals surface area contributed by atoms with Gasteiger partial charge in [0.25, 0.3) is 5.91 Å². The van der Waals surface area contributed by atoms with E-state index in [4.69, 9.17) is 0 Å². The summed E-state index contributed by atoms with van der Waals surface area (Å²) in [6.45, 7) is 5.37. The van der Waals surface area contributed by atoms with Crippen molar-refractivity contribution in [1.29, 1.82) is 0 Å². The monoisotopic (exact) mass is 279 g/mol. The normalized spacial score (nSPS) is 17.1. The van der Waals surface area contributed by atoms with Gasteiger partial charge in [0.1, 0.15) is 5.69 Å². The highest BCUT2D eigenvalue weighted by atomic mass is 19.1. The zero-order chi connectivity index (χ0) is 14.4. The van der Waals surface area contributed by atoms with Gasteiger partial charge in [-0.25, -0.2) is 4.98 Å². The van der Waals surface area contributed by atoms with Crippen LogP contribution in [0.25, 0.3) is 0 Å². The minimum absolute atomic E-state index is 0.151. The highest BCUT2D eigenvalue weighted by Crippen LogP contribution is 2.11. The topological polar surface area (TPSA) is 45.2 Å². The molecule has 2 rings (SSSR count). The largest absolute Gasteiger partial charge is 0.348 e. The van der Waals surface area contributed by atoms with Crippen molar-refractivity contribution >= 4 is 5.91 Å². The first-order chi connectivity index (χ1) is 9.69. The van der Waals surface area contributed by atoms with E-state index in [0.29, 0.717) is 0 Å². The fourth-order valence-electron chi connectivity index (χ4n) is 2.48. The van der Waals surface area contributed by atoms with Gasteiger partial charge in [-0.2, -0.15) is 4.39 Å². The minimum Gasteiger partial charge on any atom is -0.348 e. The molecule has 1 amide bonds. The fraction of sp³-hybridized carbons (Fsp3) is 0.600.